The van der Waals surface area contributed by atoms with Gasteiger partial charge in [0.1, 0.15) is 5.75 Å². The van der Waals surface area contributed by atoms with Gasteiger partial charge in [-0.1, -0.05) is 40.7 Å². The van der Waals surface area contributed by atoms with Crippen LogP contribution in [0.1, 0.15) is 40.2 Å². The molecule has 0 radical (unpaired) electrons. The van der Waals surface area contributed by atoms with Crippen LogP contribution in [0.5, 0.6) is 5.75 Å². The van der Waals surface area contributed by atoms with Gasteiger partial charge in [0.15, 0.2) is 0 Å². The van der Waals surface area contributed by atoms with Crippen LogP contribution in [0.3, 0.4) is 0 Å². The van der Waals surface area contributed by atoms with E-state index in [1.54, 1.807) is 7.11 Å². The maximum atomic E-state index is 12.4. The number of benzene rings is 1. The summed E-state index contributed by atoms with van der Waals surface area (Å²) in [5.74, 6) is 0.604. The van der Waals surface area contributed by atoms with Crippen LogP contribution in [0.4, 0.5) is 5.69 Å². The molecule has 0 saturated carbocycles. The van der Waals surface area contributed by atoms with Crippen molar-refractivity contribution in [2.45, 2.75) is 40.0 Å². The lowest BCUT2D eigenvalue weighted by molar-refractivity contribution is -0.120. The van der Waals surface area contributed by atoms with E-state index in [1.165, 1.54) is 0 Å². The molecule has 0 saturated heterocycles. The van der Waals surface area contributed by atoms with Crippen LogP contribution in [0.15, 0.2) is 18.2 Å². The van der Waals surface area contributed by atoms with Crippen LogP contribution in [0, 0.1) is 11.8 Å². The van der Waals surface area contributed by atoms with E-state index >= 15 is 0 Å². The van der Waals surface area contributed by atoms with Crippen molar-refractivity contribution < 1.29 is 9.53 Å². The summed E-state index contributed by atoms with van der Waals surface area (Å²) in [5.41, 5.74) is 7.57. The maximum Gasteiger partial charge on any atom is 0.229 e. The summed E-state index contributed by atoms with van der Waals surface area (Å²) in [6.07, 6.45) is 0. The first kappa shape index (κ1) is 17.5. The molecule has 0 bridgehead atoms. The number of ether oxygens (including phenoxy) is 1. The highest BCUT2D eigenvalue weighted by Gasteiger charge is 2.22. The molecule has 0 aliphatic rings. The number of nitrogens with two attached hydrogens (primary N) is 1. The van der Waals surface area contributed by atoms with E-state index in [0.717, 1.165) is 5.56 Å². The first-order chi connectivity index (χ1) is 9.70. The fourth-order valence-electron chi connectivity index (χ4n) is 2.18. The molecule has 0 aliphatic carbocycles. The van der Waals surface area contributed by atoms with Crippen LogP contribution in [0.25, 0.3) is 0 Å². The van der Waals surface area contributed by atoms with E-state index in [9.17, 15) is 4.79 Å². The summed E-state index contributed by atoms with van der Waals surface area (Å²) < 4.78 is 5.34. The Kier molecular flexibility index (Phi) is 5.78. The number of hydrogen-bond donors (Lipinski definition) is 2. The predicted octanol–water partition coefficient (Wildman–Crippen LogP) is 3.16. The molecule has 0 fully saturated rings. The Bertz CT molecular complexity index is 490. The summed E-state index contributed by atoms with van der Waals surface area (Å²) in [5, 5.41) is 2.96. The summed E-state index contributed by atoms with van der Waals surface area (Å²) in [6, 6.07) is 5.89. The van der Waals surface area contributed by atoms with Crippen molar-refractivity contribution in [1.82, 2.24) is 0 Å². The summed E-state index contributed by atoms with van der Waals surface area (Å²) in [6.45, 7) is 10.7. The van der Waals surface area contributed by atoms with Crippen molar-refractivity contribution in [3.05, 3.63) is 23.8 Å². The second-order valence-electron chi connectivity index (χ2n) is 6.74. The third kappa shape index (κ3) is 4.46. The molecule has 1 aromatic rings. The van der Waals surface area contributed by atoms with Crippen molar-refractivity contribution in [2.24, 2.45) is 17.6 Å². The maximum absolute atomic E-state index is 12.4. The summed E-state index contributed by atoms with van der Waals surface area (Å²) in [7, 11) is 1.60. The minimum atomic E-state index is -0.201. The lowest BCUT2D eigenvalue weighted by atomic mass is 9.86. The molecule has 0 spiro atoms. The molecule has 21 heavy (non-hydrogen) atoms. The van der Waals surface area contributed by atoms with E-state index in [1.807, 2.05) is 32.0 Å². The summed E-state index contributed by atoms with van der Waals surface area (Å²) >= 11 is 0. The van der Waals surface area contributed by atoms with Crippen molar-refractivity contribution in [1.29, 1.82) is 0 Å². The van der Waals surface area contributed by atoms with E-state index in [4.69, 9.17) is 10.5 Å². The van der Waals surface area contributed by atoms with Crippen molar-refractivity contribution in [3.8, 4) is 5.75 Å². The number of carbonyl (C=O) groups is 1. The van der Waals surface area contributed by atoms with Gasteiger partial charge in [0.05, 0.1) is 18.7 Å². The first-order valence-corrected chi connectivity index (χ1v) is 7.40. The lowest BCUT2D eigenvalue weighted by Crippen LogP contribution is -2.33. The Morgan fingerprint density at radius 1 is 1.33 bits per heavy atom. The standard InChI is InChI=1S/C17H28N2O2/c1-11(2)13(10-18)16(20)19-14-9-12(17(3,4)5)7-8-15(14)21-6/h7-9,11,13H,10,18H2,1-6H3,(H,19,20). The van der Waals surface area contributed by atoms with Crippen LogP contribution in [0.2, 0.25) is 0 Å². The predicted molar refractivity (Wildman–Crippen MR) is 87.7 cm³/mol. The molecule has 1 aromatic carbocycles. The van der Waals surface area contributed by atoms with E-state index in [2.05, 4.69) is 26.1 Å². The fourth-order valence-corrected chi connectivity index (χ4v) is 2.18. The van der Waals surface area contributed by atoms with Crippen molar-refractivity contribution in [3.63, 3.8) is 0 Å². The number of amides is 1. The average Bonchev–Trinajstić information content (AvgIpc) is 2.37. The third-order valence-corrected chi connectivity index (χ3v) is 3.72. The molecule has 1 amide bonds. The first-order valence-electron chi connectivity index (χ1n) is 7.40. The Balaban J connectivity index is 3.08. The third-order valence-electron chi connectivity index (χ3n) is 3.72. The van der Waals surface area contributed by atoms with Crippen molar-refractivity contribution in [2.75, 3.05) is 19.0 Å². The van der Waals surface area contributed by atoms with Gasteiger partial charge in [0.2, 0.25) is 5.91 Å². The number of rotatable bonds is 5. The number of nitrogens with one attached hydrogen (secondary N) is 1. The molecule has 4 heteroatoms. The molecule has 4 nitrogen and oxygen atoms in total. The molecule has 1 unspecified atom stereocenters. The topological polar surface area (TPSA) is 64.3 Å². The molecule has 0 aliphatic heterocycles. The second kappa shape index (κ2) is 6.94. The molecule has 0 aromatic heterocycles. The SMILES string of the molecule is COc1ccc(C(C)(C)C)cc1NC(=O)C(CN)C(C)C. The van der Waals surface area contributed by atoms with Gasteiger partial charge in [-0.3, -0.25) is 4.79 Å². The van der Waals surface area contributed by atoms with Crippen LogP contribution < -0.4 is 15.8 Å². The molecular formula is C17H28N2O2. The van der Waals surface area contributed by atoms with Gasteiger partial charge in [0.25, 0.3) is 0 Å². The largest absolute Gasteiger partial charge is 0.495 e. The minimum absolute atomic E-state index is 0.0110. The molecule has 0 heterocycles. The Labute approximate surface area is 128 Å². The normalized spacial score (nSPS) is 13.1. The zero-order valence-corrected chi connectivity index (χ0v) is 14.0. The highest BCUT2D eigenvalue weighted by atomic mass is 16.5. The highest BCUT2D eigenvalue weighted by Crippen LogP contribution is 2.31. The zero-order chi connectivity index (χ0) is 16.2. The smallest absolute Gasteiger partial charge is 0.229 e. The molecular weight excluding hydrogens is 264 g/mol. The number of carbonyl (C=O) groups excluding carboxylic acids is 1. The monoisotopic (exact) mass is 292 g/mol. The van der Waals surface area contributed by atoms with Gasteiger partial charge in [-0.2, -0.15) is 0 Å². The fraction of sp³-hybridized carbons (Fsp3) is 0.588. The molecule has 3 N–H and O–H groups in total. The second-order valence-corrected chi connectivity index (χ2v) is 6.74. The summed E-state index contributed by atoms with van der Waals surface area (Å²) in [4.78, 5) is 12.4. The number of anilines is 1. The zero-order valence-electron chi connectivity index (χ0n) is 14.0. The Morgan fingerprint density at radius 2 is 1.95 bits per heavy atom. The van der Waals surface area contributed by atoms with E-state index < -0.39 is 0 Å². The van der Waals surface area contributed by atoms with Crippen LogP contribution >= 0.6 is 0 Å². The molecule has 1 atom stereocenters. The van der Waals surface area contributed by atoms with Crippen LogP contribution in [-0.4, -0.2) is 19.6 Å². The Morgan fingerprint density at radius 3 is 2.38 bits per heavy atom. The number of hydrogen-bond acceptors (Lipinski definition) is 3. The molecule has 1 rings (SSSR count). The Hall–Kier alpha value is -1.55. The van der Waals surface area contributed by atoms with Gasteiger partial charge < -0.3 is 15.8 Å². The molecule has 118 valence electrons. The quantitative estimate of drug-likeness (QED) is 0.876. The van der Waals surface area contributed by atoms with Gasteiger partial charge in [0, 0.05) is 6.54 Å². The van der Waals surface area contributed by atoms with Crippen molar-refractivity contribution >= 4 is 11.6 Å². The van der Waals surface area contributed by atoms with Gasteiger partial charge in [-0.05, 0) is 29.0 Å². The highest BCUT2D eigenvalue weighted by molar-refractivity contribution is 5.94. The average molecular weight is 292 g/mol. The van der Waals surface area contributed by atoms with Crippen LogP contribution in [-0.2, 0) is 10.2 Å². The van der Waals surface area contributed by atoms with Gasteiger partial charge in [-0.25, -0.2) is 0 Å². The lowest BCUT2D eigenvalue weighted by Gasteiger charge is -2.23. The van der Waals surface area contributed by atoms with Gasteiger partial charge >= 0.3 is 0 Å². The van der Waals surface area contributed by atoms with E-state index in [-0.39, 0.29) is 23.2 Å². The van der Waals surface area contributed by atoms with Gasteiger partial charge in [-0.15, -0.1) is 0 Å². The minimum Gasteiger partial charge on any atom is -0.495 e. The van der Waals surface area contributed by atoms with E-state index in [0.29, 0.717) is 18.0 Å². The number of methoxy groups -OCH3 is 1.